The number of hydrogen-bond acceptors (Lipinski definition) is 5. The van der Waals surface area contributed by atoms with E-state index in [1.165, 1.54) is 16.1 Å². The van der Waals surface area contributed by atoms with Crippen LogP contribution in [0.1, 0.15) is 20.3 Å². The maximum Gasteiger partial charge on any atom is 0.215 e. The van der Waals surface area contributed by atoms with Crippen LogP contribution < -0.4 is 5.73 Å². The summed E-state index contributed by atoms with van der Waals surface area (Å²) >= 11 is 1.48. The number of rotatable bonds is 8. The van der Waals surface area contributed by atoms with Crippen molar-refractivity contribution in [2.24, 2.45) is 0 Å². The molecule has 0 fully saturated rings. The zero-order chi connectivity index (χ0) is 15.9. The van der Waals surface area contributed by atoms with E-state index < -0.39 is 10.0 Å². The van der Waals surface area contributed by atoms with Crippen LogP contribution in [0.2, 0.25) is 0 Å². The molecular formula is C14H21N3O2S2. The van der Waals surface area contributed by atoms with Crippen molar-refractivity contribution < 1.29 is 8.42 Å². The molecule has 0 aliphatic rings. The first-order chi connectivity index (χ1) is 9.86. The minimum Gasteiger partial charge on any atom is -0.399 e. The molecule has 0 atom stereocenters. The Kier molecular flexibility index (Phi) is 7.02. The number of nitrogen functional groups attached to an aromatic ring is 1. The Morgan fingerprint density at radius 3 is 2.48 bits per heavy atom. The van der Waals surface area contributed by atoms with E-state index in [1.54, 1.807) is 12.1 Å². The molecule has 0 amide bonds. The zero-order valence-corrected chi connectivity index (χ0v) is 14.0. The van der Waals surface area contributed by atoms with Crippen molar-refractivity contribution in [1.82, 2.24) is 4.31 Å². The Labute approximate surface area is 131 Å². The Morgan fingerprint density at radius 2 is 1.95 bits per heavy atom. The van der Waals surface area contributed by atoms with E-state index in [0.29, 0.717) is 11.4 Å². The van der Waals surface area contributed by atoms with Gasteiger partial charge in [0.05, 0.1) is 11.8 Å². The number of hydrogen-bond donors (Lipinski definition) is 1. The van der Waals surface area contributed by atoms with Gasteiger partial charge in [-0.15, -0.1) is 11.8 Å². The third kappa shape index (κ3) is 5.96. The number of nitrogens with zero attached hydrogens (tertiary/aromatic N) is 2. The lowest BCUT2D eigenvalue weighted by Gasteiger charge is -2.24. The van der Waals surface area contributed by atoms with Crippen LogP contribution in [0.4, 0.5) is 5.69 Å². The minimum absolute atomic E-state index is 0.0612. The highest BCUT2D eigenvalue weighted by Gasteiger charge is 2.24. The molecule has 0 aliphatic heterocycles. The molecule has 0 saturated carbocycles. The van der Waals surface area contributed by atoms with Gasteiger partial charge in [0.2, 0.25) is 10.0 Å². The Balaban J connectivity index is 2.58. The summed E-state index contributed by atoms with van der Waals surface area (Å²) in [5.74, 6) is 0.535. The highest BCUT2D eigenvalue weighted by atomic mass is 32.2. The van der Waals surface area contributed by atoms with Crippen molar-refractivity contribution in [3.63, 3.8) is 0 Å². The topological polar surface area (TPSA) is 87.2 Å². The SMILES string of the molecule is CC(C)N(CCC#N)S(=O)(=O)CCSc1ccc(N)cc1. The van der Waals surface area contributed by atoms with Crippen molar-refractivity contribution in [3.05, 3.63) is 24.3 Å². The fourth-order valence-corrected chi connectivity index (χ4v) is 4.81. The normalized spacial score (nSPS) is 11.8. The Morgan fingerprint density at radius 1 is 1.33 bits per heavy atom. The molecule has 0 saturated heterocycles. The van der Waals surface area contributed by atoms with Gasteiger partial charge in [0.25, 0.3) is 0 Å². The lowest BCUT2D eigenvalue weighted by molar-refractivity contribution is 0.361. The second-order valence-corrected chi connectivity index (χ2v) is 8.06. The van der Waals surface area contributed by atoms with E-state index in [4.69, 9.17) is 11.0 Å². The van der Waals surface area contributed by atoms with E-state index in [9.17, 15) is 8.42 Å². The Hall–Kier alpha value is -1.23. The largest absolute Gasteiger partial charge is 0.399 e. The van der Waals surface area contributed by atoms with Crippen molar-refractivity contribution >= 4 is 27.5 Å². The molecule has 0 radical (unpaired) electrons. The van der Waals surface area contributed by atoms with Crippen LogP contribution in [0.15, 0.2) is 29.2 Å². The standard InChI is InChI=1S/C14H21N3O2S2/c1-12(2)17(9-3-8-15)21(18,19)11-10-20-14-6-4-13(16)5-7-14/h4-7,12H,3,9-11,16H2,1-2H3. The molecule has 0 aromatic heterocycles. The third-order valence-electron chi connectivity index (χ3n) is 2.87. The van der Waals surface area contributed by atoms with Crippen molar-refractivity contribution in [3.8, 4) is 6.07 Å². The van der Waals surface area contributed by atoms with Crippen LogP contribution in [0.3, 0.4) is 0 Å². The van der Waals surface area contributed by atoms with Crippen LogP contribution in [-0.2, 0) is 10.0 Å². The van der Waals surface area contributed by atoms with Gasteiger partial charge in [-0.3, -0.25) is 0 Å². The number of thioether (sulfide) groups is 1. The molecule has 1 aromatic carbocycles. The summed E-state index contributed by atoms with van der Waals surface area (Å²) in [4.78, 5) is 0.993. The fraction of sp³-hybridized carbons (Fsp3) is 0.500. The van der Waals surface area contributed by atoms with Crippen molar-refractivity contribution in [2.45, 2.75) is 31.2 Å². The van der Waals surface area contributed by atoms with Crippen LogP contribution in [-0.4, -0.2) is 36.8 Å². The van der Waals surface area contributed by atoms with Crippen LogP contribution in [0.25, 0.3) is 0 Å². The highest BCUT2D eigenvalue weighted by Crippen LogP contribution is 2.20. The molecule has 7 heteroatoms. The molecule has 0 bridgehead atoms. The summed E-state index contributed by atoms with van der Waals surface area (Å²) in [5, 5.41) is 8.62. The summed E-state index contributed by atoms with van der Waals surface area (Å²) < 4.78 is 26.0. The van der Waals surface area contributed by atoms with Crippen LogP contribution >= 0.6 is 11.8 Å². The predicted molar refractivity (Wildman–Crippen MR) is 87.4 cm³/mol. The summed E-state index contributed by atoms with van der Waals surface area (Å²) in [6, 6.07) is 9.20. The minimum atomic E-state index is -3.34. The number of sulfonamides is 1. The monoisotopic (exact) mass is 327 g/mol. The van der Waals surface area contributed by atoms with Gasteiger partial charge in [-0.05, 0) is 38.1 Å². The van der Waals surface area contributed by atoms with Gasteiger partial charge in [0.1, 0.15) is 0 Å². The molecule has 2 N–H and O–H groups in total. The third-order valence-corrected chi connectivity index (χ3v) is 6.18. The molecule has 21 heavy (non-hydrogen) atoms. The molecule has 0 heterocycles. The molecule has 1 rings (SSSR count). The van der Waals surface area contributed by atoms with Gasteiger partial charge in [-0.2, -0.15) is 9.57 Å². The maximum atomic E-state index is 12.3. The second kappa shape index (κ2) is 8.27. The highest BCUT2D eigenvalue weighted by molar-refractivity contribution is 8.00. The number of nitrogens with two attached hydrogens (primary N) is 1. The molecule has 0 spiro atoms. The lowest BCUT2D eigenvalue weighted by atomic mass is 10.3. The maximum absolute atomic E-state index is 12.3. The van der Waals surface area contributed by atoms with E-state index in [-0.39, 0.29) is 24.8 Å². The van der Waals surface area contributed by atoms with E-state index in [1.807, 2.05) is 32.0 Å². The number of benzene rings is 1. The summed E-state index contributed by atoms with van der Waals surface area (Å²) in [5.41, 5.74) is 6.30. The van der Waals surface area contributed by atoms with Gasteiger partial charge >= 0.3 is 0 Å². The lowest BCUT2D eigenvalue weighted by Crippen LogP contribution is -2.39. The number of anilines is 1. The van der Waals surface area contributed by atoms with E-state index in [0.717, 1.165) is 4.90 Å². The predicted octanol–water partition coefficient (Wildman–Crippen LogP) is 2.31. The van der Waals surface area contributed by atoms with Crippen LogP contribution in [0.5, 0.6) is 0 Å². The van der Waals surface area contributed by atoms with Crippen LogP contribution in [0, 0.1) is 11.3 Å². The molecular weight excluding hydrogens is 306 g/mol. The first-order valence-electron chi connectivity index (χ1n) is 6.71. The summed E-state index contributed by atoms with van der Waals surface area (Å²) in [7, 11) is -3.34. The summed E-state index contributed by atoms with van der Waals surface area (Å²) in [6.45, 7) is 3.90. The van der Waals surface area contributed by atoms with Gasteiger partial charge < -0.3 is 5.73 Å². The second-order valence-electron chi connectivity index (χ2n) is 4.85. The van der Waals surface area contributed by atoms with Gasteiger partial charge in [0.15, 0.2) is 0 Å². The van der Waals surface area contributed by atoms with Gasteiger partial charge in [-0.25, -0.2) is 8.42 Å². The van der Waals surface area contributed by atoms with Crippen molar-refractivity contribution in [1.29, 1.82) is 5.26 Å². The summed E-state index contributed by atoms with van der Waals surface area (Å²) in [6.07, 6.45) is 0.211. The zero-order valence-electron chi connectivity index (χ0n) is 12.3. The first-order valence-corrected chi connectivity index (χ1v) is 9.31. The van der Waals surface area contributed by atoms with E-state index >= 15 is 0 Å². The molecule has 5 nitrogen and oxygen atoms in total. The first kappa shape index (κ1) is 17.8. The molecule has 1 aromatic rings. The quantitative estimate of drug-likeness (QED) is 0.585. The molecule has 116 valence electrons. The van der Waals surface area contributed by atoms with Gasteiger partial charge in [-0.1, -0.05) is 0 Å². The fourth-order valence-electron chi connectivity index (χ4n) is 1.82. The molecule has 0 aliphatic carbocycles. The Bertz CT molecular complexity index is 577. The average Bonchev–Trinajstić information content (AvgIpc) is 2.40. The average molecular weight is 327 g/mol. The molecule has 0 unspecified atom stereocenters. The van der Waals surface area contributed by atoms with Crippen molar-refractivity contribution in [2.75, 3.05) is 23.8 Å². The number of nitriles is 1. The smallest absolute Gasteiger partial charge is 0.215 e. The van der Waals surface area contributed by atoms with Gasteiger partial charge in [0, 0.05) is 35.3 Å². The van der Waals surface area contributed by atoms with E-state index in [2.05, 4.69) is 0 Å².